The first-order chi connectivity index (χ1) is 22.0. The van der Waals surface area contributed by atoms with E-state index in [4.69, 9.17) is 4.42 Å². The average molecular weight is 809 g/mol. The number of pyridine rings is 2. The molecule has 0 bridgehead atoms. The Hall–Kier alpha value is -4.15. The van der Waals surface area contributed by atoms with E-state index in [9.17, 15) is 0 Å². The zero-order valence-corrected chi connectivity index (χ0v) is 31.3. The first-order valence-corrected chi connectivity index (χ1v) is 19.4. The van der Waals surface area contributed by atoms with Crippen LogP contribution in [0, 0.1) is 17.5 Å². The number of nitrogens with zero attached hydrogens (tertiary/aromatic N) is 2. The third kappa shape index (κ3) is 8.23. The second kappa shape index (κ2) is 14.3. The van der Waals surface area contributed by atoms with E-state index in [1.54, 1.807) is 0 Å². The maximum absolute atomic E-state index is 6.30. The molecule has 5 heteroatoms. The smallest absolute Gasteiger partial charge is 0.120 e. The van der Waals surface area contributed by atoms with Gasteiger partial charge in [0.2, 0.25) is 0 Å². The molecule has 0 fully saturated rings. The van der Waals surface area contributed by atoms with Gasteiger partial charge < -0.3 is 14.4 Å². The fourth-order valence-electron chi connectivity index (χ4n) is 5.63. The fraction of sp³-hybridized carbons (Fsp3) is 0.190. The van der Waals surface area contributed by atoms with Gasteiger partial charge in [-0.2, -0.15) is 0 Å². The maximum Gasteiger partial charge on any atom is 0.120 e. The van der Waals surface area contributed by atoms with Crippen molar-refractivity contribution in [2.75, 3.05) is 0 Å². The molecular weight excluding hydrogens is 769 g/mol. The molecule has 47 heavy (non-hydrogen) atoms. The SMILES string of the molecule is CC(C)(C)Cc1ccnc(-c2[c-]ccc3c2oc2ccc(-c4ccccc4)cc23)c1.C[Si](C)(C)c1ccc(-c2[c-]cccc2)nc1.[Ir]. The monoisotopic (exact) mass is 809 g/mol. The minimum atomic E-state index is -1.23. The Bertz CT molecular complexity index is 2070. The second-order valence-electron chi connectivity index (χ2n) is 14.0. The van der Waals surface area contributed by atoms with Gasteiger partial charge in [0.15, 0.2) is 0 Å². The van der Waals surface area contributed by atoms with Crippen LogP contribution in [0.2, 0.25) is 19.6 Å². The number of hydrogen-bond acceptors (Lipinski definition) is 3. The van der Waals surface area contributed by atoms with Gasteiger partial charge in [0.1, 0.15) is 5.58 Å². The van der Waals surface area contributed by atoms with E-state index in [1.165, 1.54) is 21.9 Å². The molecule has 0 saturated heterocycles. The normalized spacial score (nSPS) is 11.5. The van der Waals surface area contributed by atoms with Gasteiger partial charge in [0.25, 0.3) is 0 Å². The fourth-order valence-corrected chi connectivity index (χ4v) is 6.66. The minimum Gasteiger partial charge on any atom is -0.501 e. The minimum absolute atomic E-state index is 0. The summed E-state index contributed by atoms with van der Waals surface area (Å²) in [5, 5.41) is 3.61. The van der Waals surface area contributed by atoms with Crippen LogP contribution in [-0.4, -0.2) is 18.0 Å². The number of benzene rings is 4. The molecule has 3 aromatic heterocycles. The third-order valence-corrected chi connectivity index (χ3v) is 10.00. The van der Waals surface area contributed by atoms with E-state index in [2.05, 4.69) is 135 Å². The molecule has 0 atom stereocenters. The van der Waals surface area contributed by atoms with Gasteiger partial charge in [-0.05, 0) is 57.7 Å². The van der Waals surface area contributed by atoms with E-state index in [0.717, 1.165) is 50.9 Å². The van der Waals surface area contributed by atoms with Gasteiger partial charge in [-0.25, -0.2) is 0 Å². The number of rotatable bonds is 5. The van der Waals surface area contributed by atoms with Crippen molar-refractivity contribution < 1.29 is 24.5 Å². The van der Waals surface area contributed by atoms with E-state index in [-0.39, 0.29) is 25.5 Å². The molecule has 0 aliphatic rings. The van der Waals surface area contributed by atoms with Crippen LogP contribution in [0.25, 0.3) is 55.6 Å². The summed E-state index contributed by atoms with van der Waals surface area (Å²) in [6.45, 7) is 13.8. The first kappa shape index (κ1) is 34.2. The summed E-state index contributed by atoms with van der Waals surface area (Å²) in [5.41, 5.74) is 9.51. The average Bonchev–Trinajstić information content (AvgIpc) is 3.43. The number of aromatic nitrogens is 2. The Labute approximate surface area is 293 Å². The van der Waals surface area contributed by atoms with Gasteiger partial charge in [-0.15, -0.1) is 54.1 Å². The van der Waals surface area contributed by atoms with E-state index in [0.29, 0.717) is 0 Å². The maximum atomic E-state index is 6.30. The predicted octanol–water partition coefficient (Wildman–Crippen LogP) is 10.8. The van der Waals surface area contributed by atoms with E-state index < -0.39 is 8.07 Å². The Morgan fingerprint density at radius 2 is 1.49 bits per heavy atom. The predicted molar refractivity (Wildman–Crippen MR) is 196 cm³/mol. The summed E-state index contributed by atoms with van der Waals surface area (Å²) in [4.78, 5) is 9.15. The summed E-state index contributed by atoms with van der Waals surface area (Å²) in [5.74, 6) is 0. The van der Waals surface area contributed by atoms with E-state index >= 15 is 0 Å². The van der Waals surface area contributed by atoms with Crippen LogP contribution in [-0.2, 0) is 26.5 Å². The molecule has 7 aromatic rings. The summed E-state index contributed by atoms with van der Waals surface area (Å²) in [6.07, 6.45) is 4.90. The molecule has 239 valence electrons. The van der Waals surface area contributed by atoms with Crippen molar-refractivity contribution in [2.24, 2.45) is 5.41 Å². The van der Waals surface area contributed by atoms with Crippen LogP contribution < -0.4 is 5.19 Å². The van der Waals surface area contributed by atoms with Crippen molar-refractivity contribution in [3.63, 3.8) is 0 Å². The molecule has 0 N–H and O–H groups in total. The van der Waals surface area contributed by atoms with Gasteiger partial charge in [0.05, 0.1) is 13.7 Å². The number of hydrogen-bond donors (Lipinski definition) is 0. The topological polar surface area (TPSA) is 38.9 Å². The Morgan fingerprint density at radius 3 is 2.17 bits per heavy atom. The standard InChI is InChI=1S/C28H24NO.C14H16NSi.Ir/c1-28(2,3)18-19-14-15-29-25(16-19)23-11-7-10-22-24-17-21(20-8-5-4-6-9-20)12-13-26(24)30-27(22)23;1-16(2,3)13-9-10-14(15-11-13)12-7-5-4-6-8-12;/h4-10,12-17H,18H2,1-3H3;4-7,9-11H,1-3H3;/q2*-1;. The molecule has 0 aliphatic heterocycles. The molecule has 0 saturated carbocycles. The summed E-state index contributed by atoms with van der Waals surface area (Å²) < 4.78 is 6.30. The van der Waals surface area contributed by atoms with Crippen molar-refractivity contribution in [1.82, 2.24) is 9.97 Å². The van der Waals surface area contributed by atoms with Gasteiger partial charge in [-0.1, -0.05) is 112 Å². The molecule has 0 aliphatic carbocycles. The summed E-state index contributed by atoms with van der Waals surface area (Å²) in [6, 6.07) is 43.9. The van der Waals surface area contributed by atoms with Crippen molar-refractivity contribution in [3.05, 3.63) is 139 Å². The van der Waals surface area contributed by atoms with Crippen molar-refractivity contribution >= 4 is 35.2 Å². The van der Waals surface area contributed by atoms with Gasteiger partial charge >= 0.3 is 0 Å². The molecule has 0 unspecified atom stereocenters. The van der Waals surface area contributed by atoms with Crippen LogP contribution in [0.3, 0.4) is 0 Å². The van der Waals surface area contributed by atoms with Crippen LogP contribution in [0.15, 0.2) is 126 Å². The zero-order chi connectivity index (χ0) is 32.3. The Kier molecular flexibility index (Phi) is 10.4. The first-order valence-electron chi connectivity index (χ1n) is 15.9. The van der Waals surface area contributed by atoms with Crippen molar-refractivity contribution in [2.45, 2.75) is 46.8 Å². The Morgan fingerprint density at radius 1 is 0.702 bits per heavy atom. The summed E-state index contributed by atoms with van der Waals surface area (Å²) >= 11 is 0. The number of fused-ring (bicyclic) bond motifs is 3. The van der Waals surface area contributed by atoms with Crippen LogP contribution >= 0.6 is 0 Å². The van der Waals surface area contributed by atoms with Crippen LogP contribution in [0.1, 0.15) is 26.3 Å². The van der Waals surface area contributed by atoms with Gasteiger partial charge in [0, 0.05) is 37.9 Å². The molecule has 4 aromatic carbocycles. The zero-order valence-electron chi connectivity index (χ0n) is 27.9. The molecule has 3 nitrogen and oxygen atoms in total. The molecule has 0 amide bonds. The molecule has 0 spiro atoms. The van der Waals surface area contributed by atoms with Crippen molar-refractivity contribution in [1.29, 1.82) is 0 Å². The number of furan rings is 1. The van der Waals surface area contributed by atoms with E-state index in [1.807, 2.05) is 48.8 Å². The molecular formula is C42H40IrN2OSi-2. The quantitative estimate of drug-likeness (QED) is 0.128. The summed E-state index contributed by atoms with van der Waals surface area (Å²) in [7, 11) is -1.23. The third-order valence-electron chi connectivity index (χ3n) is 7.97. The largest absolute Gasteiger partial charge is 0.501 e. The van der Waals surface area contributed by atoms with Gasteiger partial charge in [-0.3, -0.25) is 0 Å². The van der Waals surface area contributed by atoms with Crippen molar-refractivity contribution in [3.8, 4) is 33.6 Å². The Balaban J connectivity index is 0.000000217. The van der Waals surface area contributed by atoms with Crippen LogP contribution in [0.4, 0.5) is 0 Å². The molecule has 1 radical (unpaired) electrons. The molecule has 3 heterocycles. The van der Waals surface area contributed by atoms with Crippen LogP contribution in [0.5, 0.6) is 0 Å². The molecule has 7 rings (SSSR count). The second-order valence-corrected chi connectivity index (χ2v) is 19.1.